The van der Waals surface area contributed by atoms with E-state index in [-0.39, 0.29) is 28.7 Å². The lowest BCUT2D eigenvalue weighted by atomic mass is 10.2. The topological polar surface area (TPSA) is 75.3 Å². The lowest BCUT2D eigenvalue weighted by Gasteiger charge is -2.23. The molecule has 0 aliphatic rings. The van der Waals surface area contributed by atoms with Crippen LogP contribution in [0.2, 0.25) is 0 Å². The Labute approximate surface area is 142 Å². The first-order valence-corrected chi connectivity index (χ1v) is 7.56. The molecule has 0 atom stereocenters. The molecule has 0 aliphatic heterocycles. The van der Waals surface area contributed by atoms with Crippen molar-refractivity contribution in [1.82, 2.24) is 20.8 Å². The fourth-order valence-corrected chi connectivity index (χ4v) is 1.48. The van der Waals surface area contributed by atoms with Gasteiger partial charge in [0.1, 0.15) is 6.54 Å². The van der Waals surface area contributed by atoms with Crippen LogP contribution in [-0.2, 0) is 6.54 Å². The van der Waals surface area contributed by atoms with E-state index in [9.17, 15) is 0 Å². The molecule has 0 bridgehead atoms. The Morgan fingerprint density at radius 3 is 2.60 bits per heavy atom. The summed E-state index contributed by atoms with van der Waals surface area (Å²) in [6.07, 6.45) is 2.10. The van der Waals surface area contributed by atoms with Crippen molar-refractivity contribution in [3.05, 3.63) is 11.7 Å². The number of hydrogen-bond acceptors (Lipinski definition) is 5. The van der Waals surface area contributed by atoms with Gasteiger partial charge in [-0.05, 0) is 34.0 Å². The number of nitrogens with zero attached hydrogens (tertiary/aromatic N) is 3. The first-order valence-electron chi connectivity index (χ1n) is 6.33. The van der Waals surface area contributed by atoms with Gasteiger partial charge in [-0.2, -0.15) is 16.7 Å². The summed E-state index contributed by atoms with van der Waals surface area (Å²) in [5.41, 5.74) is 0. The van der Waals surface area contributed by atoms with E-state index in [1.807, 2.05) is 18.7 Å². The smallest absolute Gasteiger partial charge is 0.248 e. The van der Waals surface area contributed by atoms with Gasteiger partial charge >= 0.3 is 0 Å². The van der Waals surface area contributed by atoms with Crippen LogP contribution in [0, 0.1) is 6.92 Å². The van der Waals surface area contributed by atoms with E-state index in [2.05, 4.69) is 45.9 Å². The second kappa shape index (κ2) is 9.43. The van der Waals surface area contributed by atoms with E-state index in [4.69, 9.17) is 4.52 Å². The van der Waals surface area contributed by atoms with E-state index < -0.39 is 0 Å². The van der Waals surface area contributed by atoms with E-state index >= 15 is 0 Å². The molecule has 0 spiro atoms. The van der Waals surface area contributed by atoms with Gasteiger partial charge in [0.25, 0.3) is 0 Å². The maximum absolute atomic E-state index is 5.03. The number of aryl methyl sites for hydroxylation is 1. The summed E-state index contributed by atoms with van der Waals surface area (Å²) < 4.78 is 5.20. The van der Waals surface area contributed by atoms with E-state index in [1.54, 1.807) is 6.92 Å². The molecule has 116 valence electrons. The van der Waals surface area contributed by atoms with E-state index in [1.165, 1.54) is 0 Å². The molecule has 20 heavy (non-hydrogen) atoms. The SMILES string of the molecule is CCNC(=NCc1nc(C)no1)NCC(C)(C)SC.I. The van der Waals surface area contributed by atoms with Crippen molar-refractivity contribution in [2.45, 2.75) is 39.0 Å². The Kier molecular flexibility index (Phi) is 9.19. The number of hydrogen-bond donors (Lipinski definition) is 2. The number of aromatic nitrogens is 2. The Balaban J connectivity index is 0.00000361. The zero-order valence-corrected chi connectivity index (χ0v) is 15.8. The number of thioether (sulfide) groups is 1. The van der Waals surface area contributed by atoms with Gasteiger partial charge in [-0.3, -0.25) is 0 Å². The summed E-state index contributed by atoms with van der Waals surface area (Å²) in [5, 5.41) is 10.3. The van der Waals surface area contributed by atoms with Gasteiger partial charge in [0.05, 0.1) is 0 Å². The molecule has 0 fully saturated rings. The molecule has 1 rings (SSSR count). The predicted octanol–water partition coefficient (Wildman–Crippen LogP) is 2.19. The quantitative estimate of drug-likeness (QED) is 0.423. The zero-order valence-electron chi connectivity index (χ0n) is 12.7. The van der Waals surface area contributed by atoms with Crippen molar-refractivity contribution >= 4 is 41.7 Å². The first-order chi connectivity index (χ1) is 8.96. The van der Waals surface area contributed by atoms with Crippen LogP contribution in [0.4, 0.5) is 0 Å². The molecule has 2 N–H and O–H groups in total. The molecule has 1 aromatic heterocycles. The van der Waals surface area contributed by atoms with Crippen LogP contribution in [0.1, 0.15) is 32.5 Å². The number of rotatable bonds is 6. The minimum atomic E-state index is 0. The third-order valence-corrected chi connectivity index (χ3v) is 3.77. The highest BCUT2D eigenvalue weighted by Gasteiger charge is 2.16. The molecule has 0 radical (unpaired) electrons. The fraction of sp³-hybridized carbons (Fsp3) is 0.750. The molecule has 0 saturated carbocycles. The normalized spacial score (nSPS) is 11.9. The standard InChI is InChI=1S/C12H23N5OS.HI/c1-6-13-11(15-8-12(3,4)19-5)14-7-10-16-9(2)17-18-10;/h6-8H2,1-5H3,(H2,13,14,15);1H. The first kappa shape index (κ1) is 19.5. The Hall–Kier alpha value is -0.510. The number of aliphatic imine (C=N–C) groups is 1. The Bertz CT molecular complexity index is 422. The molecule has 1 heterocycles. The highest BCUT2D eigenvalue weighted by molar-refractivity contribution is 14.0. The lowest BCUT2D eigenvalue weighted by Crippen LogP contribution is -2.43. The highest BCUT2D eigenvalue weighted by atomic mass is 127. The third kappa shape index (κ3) is 7.32. The van der Waals surface area contributed by atoms with Crippen molar-refractivity contribution in [2.24, 2.45) is 4.99 Å². The molecule has 8 heteroatoms. The van der Waals surface area contributed by atoms with Crippen LogP contribution >= 0.6 is 35.7 Å². The van der Waals surface area contributed by atoms with Crippen LogP contribution in [-0.4, -0.2) is 40.2 Å². The van der Waals surface area contributed by atoms with Crippen molar-refractivity contribution in [3.8, 4) is 0 Å². The lowest BCUT2D eigenvalue weighted by molar-refractivity contribution is 0.376. The zero-order chi connectivity index (χ0) is 14.3. The summed E-state index contributed by atoms with van der Waals surface area (Å²) in [4.78, 5) is 8.55. The van der Waals surface area contributed by atoms with Crippen molar-refractivity contribution in [3.63, 3.8) is 0 Å². The Morgan fingerprint density at radius 2 is 2.10 bits per heavy atom. The van der Waals surface area contributed by atoms with Crippen molar-refractivity contribution < 1.29 is 4.52 Å². The summed E-state index contributed by atoms with van der Waals surface area (Å²) in [6, 6.07) is 0. The molecule has 0 saturated heterocycles. The summed E-state index contributed by atoms with van der Waals surface area (Å²) in [7, 11) is 0. The minimum Gasteiger partial charge on any atom is -0.357 e. The van der Waals surface area contributed by atoms with Crippen molar-refractivity contribution in [1.29, 1.82) is 0 Å². The van der Waals surface area contributed by atoms with E-state index in [0.717, 1.165) is 19.0 Å². The third-order valence-electron chi connectivity index (χ3n) is 2.52. The largest absolute Gasteiger partial charge is 0.357 e. The average Bonchev–Trinajstić information content (AvgIpc) is 2.79. The van der Waals surface area contributed by atoms with Crippen LogP contribution in [0.3, 0.4) is 0 Å². The molecule has 6 nitrogen and oxygen atoms in total. The number of nitrogens with one attached hydrogen (secondary N) is 2. The molecule has 0 amide bonds. The summed E-state index contributed by atoms with van der Waals surface area (Å²) >= 11 is 1.82. The Morgan fingerprint density at radius 1 is 1.40 bits per heavy atom. The average molecular weight is 413 g/mol. The van der Waals surface area contributed by atoms with Gasteiger partial charge in [0, 0.05) is 17.8 Å². The fourth-order valence-electron chi connectivity index (χ4n) is 1.26. The maximum atomic E-state index is 5.03. The minimum absolute atomic E-state index is 0. The number of guanidine groups is 1. The van der Waals surface area contributed by atoms with Gasteiger partial charge in [0.2, 0.25) is 5.89 Å². The molecule has 1 aromatic rings. The van der Waals surface area contributed by atoms with E-state index in [0.29, 0.717) is 18.3 Å². The van der Waals surface area contributed by atoms with Gasteiger partial charge in [-0.15, -0.1) is 24.0 Å². The predicted molar refractivity (Wildman–Crippen MR) is 94.9 cm³/mol. The van der Waals surface area contributed by atoms with Crippen LogP contribution in [0.15, 0.2) is 9.52 Å². The molecule has 0 aliphatic carbocycles. The van der Waals surface area contributed by atoms with Crippen LogP contribution in [0.25, 0.3) is 0 Å². The van der Waals surface area contributed by atoms with Gasteiger partial charge < -0.3 is 15.2 Å². The van der Waals surface area contributed by atoms with Crippen LogP contribution in [0.5, 0.6) is 0 Å². The molecular formula is C12H24IN5OS. The van der Waals surface area contributed by atoms with Crippen molar-refractivity contribution in [2.75, 3.05) is 19.3 Å². The summed E-state index contributed by atoms with van der Waals surface area (Å²) in [5.74, 6) is 1.92. The van der Waals surface area contributed by atoms with Gasteiger partial charge in [-0.1, -0.05) is 5.16 Å². The maximum Gasteiger partial charge on any atom is 0.248 e. The van der Waals surface area contributed by atoms with Gasteiger partial charge in [0.15, 0.2) is 11.8 Å². The second-order valence-corrected chi connectivity index (χ2v) is 6.26. The highest BCUT2D eigenvalue weighted by Crippen LogP contribution is 2.19. The molecule has 0 aromatic carbocycles. The van der Waals surface area contributed by atoms with Crippen LogP contribution < -0.4 is 10.6 Å². The molecular weight excluding hydrogens is 389 g/mol. The number of halogens is 1. The van der Waals surface area contributed by atoms with Gasteiger partial charge in [-0.25, -0.2) is 4.99 Å². The monoisotopic (exact) mass is 413 g/mol. The second-order valence-electron chi connectivity index (χ2n) is 4.75. The molecule has 0 unspecified atom stereocenters. The summed E-state index contributed by atoms with van der Waals surface area (Å²) in [6.45, 7) is 10.2.